The first-order valence-corrected chi connectivity index (χ1v) is 7.32. The molecule has 0 heterocycles. The average molecular weight is 349 g/mol. The van der Waals surface area contributed by atoms with Crippen molar-refractivity contribution in [1.29, 1.82) is 0 Å². The molecule has 0 saturated heterocycles. The largest absolute Gasteiger partial charge is 0.482 e. The van der Waals surface area contributed by atoms with E-state index in [1.165, 1.54) is 30.4 Å². The van der Waals surface area contributed by atoms with Crippen LogP contribution in [-0.2, 0) is 9.59 Å². The lowest BCUT2D eigenvalue weighted by Crippen LogP contribution is -2.43. The summed E-state index contributed by atoms with van der Waals surface area (Å²) in [6.07, 6.45) is 2.59. The van der Waals surface area contributed by atoms with Crippen LogP contribution in [0.4, 0.5) is 4.39 Å². The number of hydrazine groups is 1. The number of halogens is 2. The Morgan fingerprint density at radius 3 is 2.67 bits per heavy atom. The van der Waals surface area contributed by atoms with Crippen LogP contribution in [0.1, 0.15) is 5.56 Å². The molecule has 24 heavy (non-hydrogen) atoms. The Morgan fingerprint density at radius 1 is 1.12 bits per heavy atom. The Morgan fingerprint density at radius 2 is 1.92 bits per heavy atom. The molecule has 0 bridgehead atoms. The maximum atomic E-state index is 13.0. The Balaban J connectivity index is 1.75. The van der Waals surface area contributed by atoms with Gasteiger partial charge in [-0.3, -0.25) is 20.4 Å². The minimum absolute atomic E-state index is 0.308. The topological polar surface area (TPSA) is 67.4 Å². The zero-order chi connectivity index (χ0) is 17.4. The Bertz CT molecular complexity index is 765. The van der Waals surface area contributed by atoms with Gasteiger partial charge in [-0.25, -0.2) is 4.39 Å². The zero-order valence-corrected chi connectivity index (χ0v) is 13.2. The molecule has 0 radical (unpaired) electrons. The first-order chi connectivity index (χ1) is 11.5. The van der Waals surface area contributed by atoms with E-state index in [1.54, 1.807) is 30.3 Å². The van der Waals surface area contributed by atoms with Crippen LogP contribution in [0.15, 0.2) is 54.6 Å². The molecule has 0 aliphatic carbocycles. The van der Waals surface area contributed by atoms with Crippen molar-refractivity contribution >= 4 is 29.5 Å². The van der Waals surface area contributed by atoms with Crippen molar-refractivity contribution in [3.63, 3.8) is 0 Å². The summed E-state index contributed by atoms with van der Waals surface area (Å²) < 4.78 is 18.2. The molecule has 2 aromatic rings. The van der Waals surface area contributed by atoms with Crippen molar-refractivity contribution in [2.24, 2.45) is 0 Å². The molecule has 0 atom stereocenters. The van der Waals surface area contributed by atoms with Crippen LogP contribution in [0, 0.1) is 5.82 Å². The van der Waals surface area contributed by atoms with Crippen LogP contribution >= 0.6 is 11.6 Å². The van der Waals surface area contributed by atoms with Gasteiger partial charge in [0.1, 0.15) is 11.6 Å². The SMILES string of the molecule is O=C(/C=C/c1cccc(F)c1)NNC(=O)COc1ccccc1Cl. The summed E-state index contributed by atoms with van der Waals surface area (Å²) in [4.78, 5) is 23.1. The van der Waals surface area contributed by atoms with Gasteiger partial charge in [-0.05, 0) is 35.9 Å². The van der Waals surface area contributed by atoms with E-state index in [2.05, 4.69) is 10.9 Å². The third kappa shape index (κ3) is 5.73. The lowest BCUT2D eigenvalue weighted by atomic mass is 10.2. The Kier molecular flexibility index (Phi) is 6.33. The number of nitrogens with one attached hydrogen (secondary N) is 2. The van der Waals surface area contributed by atoms with Crippen LogP contribution in [-0.4, -0.2) is 18.4 Å². The number of carbonyl (C=O) groups excluding carboxylic acids is 2. The van der Waals surface area contributed by atoms with E-state index < -0.39 is 17.6 Å². The molecule has 0 aromatic heterocycles. The molecule has 0 spiro atoms. The van der Waals surface area contributed by atoms with E-state index in [9.17, 15) is 14.0 Å². The highest BCUT2D eigenvalue weighted by atomic mass is 35.5. The molecule has 2 amide bonds. The zero-order valence-electron chi connectivity index (χ0n) is 12.5. The first-order valence-electron chi connectivity index (χ1n) is 6.94. The number of benzene rings is 2. The molecule has 0 aliphatic rings. The molecule has 0 unspecified atom stereocenters. The van der Waals surface area contributed by atoms with Crippen LogP contribution in [0.3, 0.4) is 0 Å². The van der Waals surface area contributed by atoms with Gasteiger partial charge < -0.3 is 4.74 Å². The molecule has 2 aromatic carbocycles. The molecular formula is C17H14ClFN2O3. The molecule has 0 fully saturated rings. The van der Waals surface area contributed by atoms with Crippen molar-refractivity contribution in [3.8, 4) is 5.75 Å². The van der Waals surface area contributed by atoms with E-state index in [4.69, 9.17) is 16.3 Å². The van der Waals surface area contributed by atoms with E-state index in [1.807, 2.05) is 0 Å². The third-order valence-corrected chi connectivity index (χ3v) is 3.11. The Hall–Kier alpha value is -2.86. The minimum atomic E-state index is -0.564. The summed E-state index contributed by atoms with van der Waals surface area (Å²) in [6, 6.07) is 12.5. The van der Waals surface area contributed by atoms with E-state index >= 15 is 0 Å². The van der Waals surface area contributed by atoms with E-state index in [0.29, 0.717) is 16.3 Å². The first kappa shape index (κ1) is 17.5. The molecule has 124 valence electrons. The quantitative estimate of drug-likeness (QED) is 0.645. The third-order valence-electron chi connectivity index (χ3n) is 2.80. The van der Waals surface area contributed by atoms with Crippen molar-refractivity contribution in [3.05, 3.63) is 71.0 Å². The number of para-hydroxylation sites is 1. The number of amides is 2. The molecular weight excluding hydrogens is 335 g/mol. The van der Waals surface area contributed by atoms with Crippen molar-refractivity contribution < 1.29 is 18.7 Å². The highest BCUT2D eigenvalue weighted by Crippen LogP contribution is 2.22. The van der Waals surface area contributed by atoms with Gasteiger partial charge in [-0.1, -0.05) is 35.9 Å². The summed E-state index contributed by atoms with van der Waals surface area (Å²) in [5, 5.41) is 0.382. The van der Waals surface area contributed by atoms with Gasteiger partial charge in [-0.15, -0.1) is 0 Å². The van der Waals surface area contributed by atoms with Crippen molar-refractivity contribution in [2.45, 2.75) is 0 Å². The van der Waals surface area contributed by atoms with Gasteiger partial charge >= 0.3 is 0 Å². The second kappa shape index (κ2) is 8.69. The lowest BCUT2D eigenvalue weighted by molar-refractivity contribution is -0.128. The summed E-state index contributed by atoms with van der Waals surface area (Å²) in [5.74, 6) is -1.15. The molecule has 0 aliphatic heterocycles. The predicted octanol–water partition coefficient (Wildman–Crippen LogP) is 2.72. The summed E-state index contributed by atoms with van der Waals surface area (Å²) in [6.45, 7) is -0.308. The van der Waals surface area contributed by atoms with Crippen LogP contribution in [0.25, 0.3) is 6.08 Å². The highest BCUT2D eigenvalue weighted by Gasteiger charge is 2.05. The number of rotatable bonds is 5. The second-order valence-corrected chi connectivity index (χ2v) is 5.05. The number of hydrogen-bond acceptors (Lipinski definition) is 3. The summed E-state index contributed by atoms with van der Waals surface area (Å²) in [7, 11) is 0. The fourth-order valence-electron chi connectivity index (χ4n) is 1.70. The molecule has 5 nitrogen and oxygen atoms in total. The maximum Gasteiger partial charge on any atom is 0.276 e. The number of hydrogen-bond donors (Lipinski definition) is 2. The van der Waals surface area contributed by atoms with Gasteiger partial charge in [0, 0.05) is 6.08 Å². The standard InChI is InChI=1S/C17H14ClFN2O3/c18-14-6-1-2-7-15(14)24-11-17(23)21-20-16(22)9-8-12-4-3-5-13(19)10-12/h1-10H,11H2,(H,20,22)(H,21,23)/b9-8+. The molecule has 2 N–H and O–H groups in total. The Labute approximate surface area is 143 Å². The van der Waals surface area contributed by atoms with Gasteiger partial charge in [0.15, 0.2) is 6.61 Å². The average Bonchev–Trinajstić information content (AvgIpc) is 2.57. The lowest BCUT2D eigenvalue weighted by Gasteiger charge is -2.08. The van der Waals surface area contributed by atoms with Crippen LogP contribution < -0.4 is 15.6 Å². The van der Waals surface area contributed by atoms with Gasteiger partial charge in [0.25, 0.3) is 11.8 Å². The van der Waals surface area contributed by atoms with E-state index in [0.717, 1.165) is 0 Å². The number of ether oxygens (including phenoxy) is 1. The smallest absolute Gasteiger partial charge is 0.276 e. The minimum Gasteiger partial charge on any atom is -0.482 e. The highest BCUT2D eigenvalue weighted by molar-refractivity contribution is 6.32. The maximum absolute atomic E-state index is 13.0. The van der Waals surface area contributed by atoms with Crippen LogP contribution in [0.5, 0.6) is 5.75 Å². The fourth-order valence-corrected chi connectivity index (χ4v) is 1.89. The van der Waals surface area contributed by atoms with Crippen molar-refractivity contribution in [2.75, 3.05) is 6.61 Å². The summed E-state index contributed by atoms with van der Waals surface area (Å²) in [5.41, 5.74) is 4.90. The van der Waals surface area contributed by atoms with E-state index in [-0.39, 0.29) is 6.61 Å². The van der Waals surface area contributed by atoms with Gasteiger partial charge in [-0.2, -0.15) is 0 Å². The normalized spacial score (nSPS) is 10.4. The van der Waals surface area contributed by atoms with Gasteiger partial charge in [0.2, 0.25) is 0 Å². The second-order valence-electron chi connectivity index (χ2n) is 4.64. The van der Waals surface area contributed by atoms with Gasteiger partial charge in [0.05, 0.1) is 5.02 Å². The van der Waals surface area contributed by atoms with Crippen LogP contribution in [0.2, 0.25) is 5.02 Å². The number of carbonyl (C=O) groups is 2. The predicted molar refractivity (Wildman–Crippen MR) is 88.7 cm³/mol. The molecule has 7 heteroatoms. The van der Waals surface area contributed by atoms with Crippen molar-refractivity contribution in [1.82, 2.24) is 10.9 Å². The molecule has 2 rings (SSSR count). The summed E-state index contributed by atoms with van der Waals surface area (Å²) >= 11 is 5.88. The molecule has 0 saturated carbocycles. The fraction of sp³-hybridized carbons (Fsp3) is 0.0588. The monoisotopic (exact) mass is 348 g/mol.